The van der Waals surface area contributed by atoms with Crippen LogP contribution >= 0.6 is 0 Å². The number of rotatable bonds is 10. The number of hydrogen-bond donors (Lipinski definition) is 5. The number of ketones is 1. The molecule has 0 atom stereocenters. The number of anilines is 5. The van der Waals surface area contributed by atoms with Gasteiger partial charge in [-0.05, 0) is 96.6 Å². The van der Waals surface area contributed by atoms with Gasteiger partial charge in [-0.1, -0.05) is 18.2 Å². The monoisotopic (exact) mass is 824 g/mol. The normalized spacial score (nSPS) is 13.4. The Morgan fingerprint density at radius 1 is 0.684 bits per heavy atom. The standard InChI is InChI=1S/C35H28N10O8S2.2Na/c36-21-8-15-27(26(37)18-21)43-40-25-13-11-22(12-14-25)39-35(47)19-6-9-24(10-7-19)42-44-32-28(54(48,49)50)16-20-17-29(55(51,52)53)33(34(46)30(20)31(32)38)45-41-23-4-2-1-3-5-23;;/h1-18,41H,36-38H2,(H,39,47)(H,48,49,50)(H,51,52,53);;/q;2*+1/p-2/b43-40?,44-42?,45-33+;;. The van der Waals surface area contributed by atoms with E-state index in [2.05, 4.69) is 36.3 Å². The van der Waals surface area contributed by atoms with Crippen molar-refractivity contribution < 1.29 is 94.6 Å². The van der Waals surface area contributed by atoms with Crippen molar-refractivity contribution in [3.8, 4) is 0 Å². The first-order valence-electron chi connectivity index (χ1n) is 15.6. The maximum absolute atomic E-state index is 13.6. The van der Waals surface area contributed by atoms with E-state index in [1.54, 1.807) is 72.8 Å². The number of nitrogens with two attached hydrogens (primary N) is 3. The van der Waals surface area contributed by atoms with Crippen molar-refractivity contribution in [2.45, 2.75) is 4.90 Å². The van der Waals surface area contributed by atoms with Gasteiger partial charge in [-0.3, -0.25) is 15.0 Å². The second-order valence-corrected chi connectivity index (χ2v) is 14.2. The van der Waals surface area contributed by atoms with Gasteiger partial charge in [-0.2, -0.15) is 15.3 Å². The molecular weight excluding hydrogens is 799 g/mol. The number of nitrogens with zero attached hydrogens (tertiary/aromatic N) is 5. The van der Waals surface area contributed by atoms with Crippen molar-refractivity contribution in [1.82, 2.24) is 0 Å². The van der Waals surface area contributed by atoms with E-state index in [0.717, 1.165) is 0 Å². The third-order valence-electron chi connectivity index (χ3n) is 7.75. The predicted molar refractivity (Wildman–Crippen MR) is 203 cm³/mol. The van der Waals surface area contributed by atoms with Crippen LogP contribution in [0, 0.1) is 0 Å². The van der Waals surface area contributed by atoms with Crippen LogP contribution in [0.5, 0.6) is 0 Å². The Kier molecular flexibility index (Phi) is 14.4. The van der Waals surface area contributed by atoms with Crippen LogP contribution in [0.3, 0.4) is 0 Å². The van der Waals surface area contributed by atoms with Crippen molar-refractivity contribution in [2.24, 2.45) is 25.6 Å². The molecule has 8 N–H and O–H groups in total. The fourth-order valence-electron chi connectivity index (χ4n) is 5.10. The van der Waals surface area contributed by atoms with Crippen LogP contribution in [0.25, 0.3) is 6.08 Å². The average molecular weight is 825 g/mol. The molecule has 0 heterocycles. The van der Waals surface area contributed by atoms with Crippen LogP contribution in [0.1, 0.15) is 26.3 Å². The summed E-state index contributed by atoms with van der Waals surface area (Å²) in [6.45, 7) is 0. The van der Waals surface area contributed by atoms with Crippen LogP contribution in [0.2, 0.25) is 0 Å². The fraction of sp³-hybridized carbons (Fsp3) is 0. The number of hydrogen-bond acceptors (Lipinski definition) is 17. The maximum Gasteiger partial charge on any atom is 1.00 e. The molecule has 1 amide bonds. The van der Waals surface area contributed by atoms with E-state index in [-0.39, 0.29) is 70.4 Å². The molecular formula is C35H26N10Na2O8S2. The molecule has 0 fully saturated rings. The van der Waals surface area contributed by atoms with E-state index in [0.29, 0.717) is 46.3 Å². The zero-order valence-corrected chi connectivity index (χ0v) is 35.6. The summed E-state index contributed by atoms with van der Waals surface area (Å²) in [6, 6.07) is 25.6. The summed E-state index contributed by atoms with van der Waals surface area (Å²) in [7, 11) is -10.7. The number of nitrogen functional groups attached to an aromatic ring is 3. The Morgan fingerprint density at radius 2 is 1.30 bits per heavy atom. The van der Waals surface area contributed by atoms with Crippen molar-refractivity contribution in [2.75, 3.05) is 27.9 Å². The molecule has 0 saturated carbocycles. The molecule has 0 unspecified atom stereocenters. The molecule has 22 heteroatoms. The molecule has 1 aliphatic carbocycles. The number of nitrogens with one attached hydrogen (secondary N) is 2. The Bertz CT molecular complexity index is 2710. The number of para-hydroxylation sites is 1. The molecule has 57 heavy (non-hydrogen) atoms. The molecule has 1 aliphatic rings. The zero-order chi connectivity index (χ0) is 39.5. The third-order valence-corrected chi connectivity index (χ3v) is 9.45. The van der Waals surface area contributed by atoms with Gasteiger partial charge < -0.3 is 31.6 Å². The van der Waals surface area contributed by atoms with Gasteiger partial charge in [0.1, 0.15) is 37.3 Å². The summed E-state index contributed by atoms with van der Waals surface area (Å²) in [4.78, 5) is 24.4. The Labute approximate surface area is 369 Å². The summed E-state index contributed by atoms with van der Waals surface area (Å²) in [5.41, 5.74) is 20.0. The first-order chi connectivity index (χ1) is 26.1. The number of benzene rings is 5. The summed E-state index contributed by atoms with van der Waals surface area (Å²) in [6.07, 6.45) is 0.694. The molecule has 0 bridgehead atoms. The van der Waals surface area contributed by atoms with Gasteiger partial charge in [0.05, 0.1) is 43.8 Å². The van der Waals surface area contributed by atoms with Gasteiger partial charge in [-0.25, -0.2) is 16.8 Å². The molecule has 0 radical (unpaired) electrons. The minimum Gasteiger partial charge on any atom is -0.744 e. The van der Waals surface area contributed by atoms with Crippen LogP contribution in [-0.2, 0) is 20.2 Å². The number of azo groups is 2. The third kappa shape index (κ3) is 10.6. The van der Waals surface area contributed by atoms with Gasteiger partial charge in [0, 0.05) is 16.9 Å². The van der Waals surface area contributed by atoms with E-state index in [1.807, 2.05) is 0 Å². The van der Waals surface area contributed by atoms with E-state index in [4.69, 9.17) is 17.2 Å². The van der Waals surface area contributed by atoms with Gasteiger partial charge in [-0.15, -0.1) is 10.2 Å². The Balaban J connectivity index is 0.00000360. The second kappa shape index (κ2) is 18.4. The Morgan fingerprint density at radius 3 is 1.89 bits per heavy atom. The van der Waals surface area contributed by atoms with Crippen molar-refractivity contribution in [3.05, 3.63) is 125 Å². The number of allylic oxidation sites excluding steroid dienone is 1. The molecule has 278 valence electrons. The average Bonchev–Trinajstić information content (AvgIpc) is 3.14. The first kappa shape index (κ1) is 44.6. The second-order valence-electron chi connectivity index (χ2n) is 11.6. The number of hydrazone groups is 1. The summed E-state index contributed by atoms with van der Waals surface area (Å²) in [5, 5.41) is 22.6. The quantitative estimate of drug-likeness (QED) is 0.0408. The maximum atomic E-state index is 13.6. The van der Waals surface area contributed by atoms with Crippen molar-refractivity contribution >= 4 is 94.9 Å². The molecule has 0 saturated heterocycles. The summed E-state index contributed by atoms with van der Waals surface area (Å²) < 4.78 is 73.3. The van der Waals surface area contributed by atoms with Gasteiger partial charge >= 0.3 is 59.1 Å². The van der Waals surface area contributed by atoms with Gasteiger partial charge in [0.15, 0.2) is 0 Å². The molecule has 6 rings (SSSR count). The van der Waals surface area contributed by atoms with Crippen molar-refractivity contribution in [1.29, 1.82) is 0 Å². The number of carbonyl (C=O) groups excluding carboxylic acids is 2. The molecule has 0 aromatic heterocycles. The smallest absolute Gasteiger partial charge is 0.744 e. The molecule has 5 aromatic rings. The van der Waals surface area contributed by atoms with Crippen molar-refractivity contribution in [3.63, 3.8) is 0 Å². The fourth-order valence-corrected chi connectivity index (χ4v) is 6.40. The summed E-state index contributed by atoms with van der Waals surface area (Å²) >= 11 is 0. The minimum atomic E-state index is -5.36. The largest absolute Gasteiger partial charge is 1.00 e. The minimum absolute atomic E-state index is 0. The Hall–Kier alpha value is -5.13. The topological polar surface area (TPSA) is 312 Å². The van der Waals surface area contributed by atoms with Crippen LogP contribution in [0.4, 0.5) is 51.2 Å². The van der Waals surface area contributed by atoms with E-state index in [9.17, 15) is 35.5 Å². The SMILES string of the molecule is Nc1ccc(N=Nc2ccc(NC(=O)c3ccc(N=Nc4c(S(=O)(=O)[O-])cc5c(c4N)C(=O)/C(=N/Nc4ccccc4)C(S(=O)(=O)[O-])=C5)cc3)cc2)c(N)c1.[Na+].[Na+]. The van der Waals surface area contributed by atoms with Crippen LogP contribution in [0.15, 0.2) is 138 Å². The molecule has 0 aliphatic heterocycles. The van der Waals surface area contributed by atoms with Gasteiger partial charge in [0.2, 0.25) is 5.78 Å². The number of carbonyl (C=O) groups is 2. The predicted octanol–water partition coefficient (Wildman–Crippen LogP) is -0.0211. The molecule has 0 spiro atoms. The zero-order valence-electron chi connectivity index (χ0n) is 29.9. The molecule has 18 nitrogen and oxygen atoms in total. The summed E-state index contributed by atoms with van der Waals surface area (Å²) in [5.74, 6) is -1.66. The number of amides is 1. The number of fused-ring (bicyclic) bond motifs is 1. The first-order valence-corrected chi connectivity index (χ1v) is 18.4. The van der Waals surface area contributed by atoms with E-state index in [1.165, 1.54) is 24.3 Å². The number of Topliss-reactive ketones (excluding diaryl/α,β-unsaturated/α-hetero) is 1. The van der Waals surface area contributed by atoms with Crippen LogP contribution in [-0.4, -0.2) is 43.3 Å². The molecule has 5 aromatic carbocycles. The van der Waals surface area contributed by atoms with Gasteiger partial charge in [0.25, 0.3) is 5.91 Å². The van der Waals surface area contributed by atoms with E-state index < -0.39 is 69.9 Å². The van der Waals surface area contributed by atoms with E-state index >= 15 is 0 Å². The van der Waals surface area contributed by atoms with Crippen LogP contribution < -0.4 is 87.1 Å².